The van der Waals surface area contributed by atoms with Crippen LogP contribution in [0.25, 0.3) is 10.9 Å². The van der Waals surface area contributed by atoms with Crippen molar-refractivity contribution in [3.63, 3.8) is 0 Å². The zero-order chi connectivity index (χ0) is 13.8. The van der Waals surface area contributed by atoms with E-state index in [9.17, 15) is 4.79 Å². The number of amides is 1. The van der Waals surface area contributed by atoms with Crippen LogP contribution in [0, 0.1) is 0 Å². The predicted octanol–water partition coefficient (Wildman–Crippen LogP) is 2.18. The van der Waals surface area contributed by atoms with Crippen molar-refractivity contribution < 1.29 is 9.53 Å². The van der Waals surface area contributed by atoms with E-state index in [2.05, 4.69) is 10.3 Å². The molecule has 5 nitrogen and oxygen atoms in total. The number of carbonyl (C=O) groups is 1. The Bertz CT molecular complexity index is 596. The maximum Gasteiger partial charge on any atom is 0.250 e. The molecule has 2 aromatic rings. The Balaban J connectivity index is 2.21. The number of pyridine rings is 1. The lowest BCUT2D eigenvalue weighted by Gasteiger charge is -2.11. The number of carbonyl (C=O) groups excluding carboxylic acids is 1. The number of ether oxygens (including phenoxy) is 1. The predicted molar refractivity (Wildman–Crippen MR) is 75.9 cm³/mol. The minimum absolute atomic E-state index is 0.0237. The van der Waals surface area contributed by atoms with Crippen molar-refractivity contribution in [3.05, 3.63) is 30.5 Å². The third-order valence-corrected chi connectivity index (χ3v) is 2.62. The molecule has 100 valence electrons. The van der Waals surface area contributed by atoms with Crippen LogP contribution in [0.15, 0.2) is 30.5 Å². The fourth-order valence-electron chi connectivity index (χ4n) is 1.73. The molecule has 0 aliphatic rings. The minimum atomic E-state index is -0.191. The average Bonchev–Trinajstić information content (AvgIpc) is 2.40. The molecule has 1 aromatic carbocycles. The van der Waals surface area contributed by atoms with Crippen LogP contribution >= 0.6 is 0 Å². The van der Waals surface area contributed by atoms with Gasteiger partial charge in [-0.15, -0.1) is 0 Å². The molecule has 19 heavy (non-hydrogen) atoms. The molecular formula is C14H17N3O2. The molecule has 1 aromatic heterocycles. The second kappa shape index (κ2) is 5.67. The maximum absolute atomic E-state index is 11.8. The largest absolute Gasteiger partial charge is 0.397 e. The van der Waals surface area contributed by atoms with Crippen LogP contribution in [-0.2, 0) is 9.53 Å². The lowest BCUT2D eigenvalue weighted by atomic mass is 10.1. The molecule has 0 unspecified atom stereocenters. The van der Waals surface area contributed by atoms with E-state index in [-0.39, 0.29) is 18.6 Å². The van der Waals surface area contributed by atoms with Gasteiger partial charge in [0.2, 0.25) is 5.91 Å². The Hall–Kier alpha value is -2.14. The molecule has 0 saturated carbocycles. The monoisotopic (exact) mass is 259 g/mol. The van der Waals surface area contributed by atoms with Crippen LogP contribution in [0.2, 0.25) is 0 Å². The van der Waals surface area contributed by atoms with E-state index in [0.717, 1.165) is 5.39 Å². The number of nitrogens with one attached hydrogen (secondary N) is 1. The summed E-state index contributed by atoms with van der Waals surface area (Å²) in [6, 6.07) is 7.18. The third kappa shape index (κ3) is 3.20. The van der Waals surface area contributed by atoms with Crippen molar-refractivity contribution in [1.29, 1.82) is 0 Å². The Kier molecular flexibility index (Phi) is 3.97. The van der Waals surface area contributed by atoms with E-state index in [4.69, 9.17) is 10.5 Å². The summed E-state index contributed by atoms with van der Waals surface area (Å²) in [6.07, 6.45) is 1.70. The minimum Gasteiger partial charge on any atom is -0.397 e. The van der Waals surface area contributed by atoms with Gasteiger partial charge in [-0.2, -0.15) is 0 Å². The molecule has 0 radical (unpaired) electrons. The molecule has 0 aliphatic heterocycles. The number of fused-ring (bicyclic) bond motifs is 1. The van der Waals surface area contributed by atoms with Crippen molar-refractivity contribution in [2.24, 2.45) is 0 Å². The Morgan fingerprint density at radius 3 is 2.95 bits per heavy atom. The van der Waals surface area contributed by atoms with Crippen LogP contribution in [0.4, 0.5) is 11.4 Å². The molecule has 0 spiro atoms. The van der Waals surface area contributed by atoms with E-state index < -0.39 is 0 Å². The van der Waals surface area contributed by atoms with Crippen molar-refractivity contribution in [1.82, 2.24) is 4.98 Å². The van der Waals surface area contributed by atoms with Crippen LogP contribution in [0.3, 0.4) is 0 Å². The van der Waals surface area contributed by atoms with Crippen LogP contribution in [-0.4, -0.2) is 23.6 Å². The van der Waals surface area contributed by atoms with Crippen molar-refractivity contribution in [3.8, 4) is 0 Å². The Labute approximate surface area is 111 Å². The number of anilines is 2. The zero-order valence-corrected chi connectivity index (χ0v) is 11.0. The van der Waals surface area contributed by atoms with E-state index >= 15 is 0 Å². The first-order chi connectivity index (χ1) is 9.08. The second-order valence-corrected chi connectivity index (χ2v) is 4.51. The van der Waals surface area contributed by atoms with Crippen molar-refractivity contribution in [2.75, 3.05) is 17.7 Å². The van der Waals surface area contributed by atoms with E-state index in [1.165, 1.54) is 0 Å². The summed E-state index contributed by atoms with van der Waals surface area (Å²) >= 11 is 0. The summed E-state index contributed by atoms with van der Waals surface area (Å²) in [5.41, 5.74) is 7.82. The normalized spacial score (nSPS) is 10.9. The molecule has 1 amide bonds. The van der Waals surface area contributed by atoms with Crippen molar-refractivity contribution >= 4 is 28.2 Å². The van der Waals surface area contributed by atoms with Gasteiger partial charge >= 0.3 is 0 Å². The lowest BCUT2D eigenvalue weighted by Crippen LogP contribution is -2.20. The Morgan fingerprint density at radius 2 is 2.21 bits per heavy atom. The fraction of sp³-hybridized carbons (Fsp3) is 0.286. The number of nitrogens with two attached hydrogens (primary N) is 1. The van der Waals surface area contributed by atoms with Gasteiger partial charge in [-0.05, 0) is 38.1 Å². The molecule has 0 atom stereocenters. The van der Waals surface area contributed by atoms with Crippen molar-refractivity contribution in [2.45, 2.75) is 20.0 Å². The molecular weight excluding hydrogens is 242 g/mol. The lowest BCUT2D eigenvalue weighted by molar-refractivity contribution is -0.121. The van der Waals surface area contributed by atoms with E-state index in [1.807, 2.05) is 26.0 Å². The molecule has 5 heteroatoms. The Morgan fingerprint density at radius 1 is 1.42 bits per heavy atom. The summed E-state index contributed by atoms with van der Waals surface area (Å²) in [7, 11) is 0. The number of nitrogens with zero attached hydrogens (tertiary/aromatic N) is 1. The van der Waals surface area contributed by atoms with Gasteiger partial charge in [0, 0.05) is 11.6 Å². The number of hydrogen-bond donors (Lipinski definition) is 2. The molecule has 0 bridgehead atoms. The van der Waals surface area contributed by atoms with E-state index in [1.54, 1.807) is 18.3 Å². The summed E-state index contributed by atoms with van der Waals surface area (Å²) in [6.45, 7) is 3.80. The topological polar surface area (TPSA) is 77.2 Å². The van der Waals surface area contributed by atoms with E-state index in [0.29, 0.717) is 16.9 Å². The number of nitrogen functional groups attached to an aromatic ring is 1. The number of aromatic nitrogens is 1. The van der Waals surface area contributed by atoms with Crippen LogP contribution < -0.4 is 11.1 Å². The maximum atomic E-state index is 11.8. The molecule has 0 fully saturated rings. The first-order valence-corrected chi connectivity index (χ1v) is 6.12. The van der Waals surface area contributed by atoms with Gasteiger partial charge in [-0.3, -0.25) is 9.78 Å². The number of benzene rings is 1. The smallest absolute Gasteiger partial charge is 0.250 e. The molecule has 3 N–H and O–H groups in total. The van der Waals surface area contributed by atoms with Gasteiger partial charge in [0.25, 0.3) is 0 Å². The first-order valence-electron chi connectivity index (χ1n) is 6.12. The molecule has 2 rings (SSSR count). The van der Waals surface area contributed by atoms with Gasteiger partial charge in [-0.1, -0.05) is 0 Å². The highest BCUT2D eigenvalue weighted by molar-refractivity contribution is 6.04. The van der Waals surface area contributed by atoms with Gasteiger partial charge in [0.1, 0.15) is 6.61 Å². The third-order valence-electron chi connectivity index (χ3n) is 2.62. The standard InChI is InChI=1S/C14H17N3O2/c1-9(2)19-8-13(18)17-12-6-5-11(15)14-10(12)4-3-7-16-14/h3-7,9H,8,15H2,1-2H3,(H,17,18). The van der Waals surface area contributed by atoms with Gasteiger partial charge in [0.05, 0.1) is 23.0 Å². The summed E-state index contributed by atoms with van der Waals surface area (Å²) < 4.78 is 5.26. The second-order valence-electron chi connectivity index (χ2n) is 4.51. The highest BCUT2D eigenvalue weighted by Crippen LogP contribution is 2.26. The van der Waals surface area contributed by atoms with Crippen LogP contribution in [0.5, 0.6) is 0 Å². The van der Waals surface area contributed by atoms with Gasteiger partial charge in [0.15, 0.2) is 0 Å². The molecule has 0 saturated heterocycles. The molecule has 0 aliphatic carbocycles. The van der Waals surface area contributed by atoms with Crippen LogP contribution in [0.1, 0.15) is 13.8 Å². The number of rotatable bonds is 4. The highest BCUT2D eigenvalue weighted by Gasteiger charge is 2.08. The fourth-order valence-corrected chi connectivity index (χ4v) is 1.73. The zero-order valence-electron chi connectivity index (χ0n) is 11.0. The quantitative estimate of drug-likeness (QED) is 0.825. The summed E-state index contributed by atoms with van der Waals surface area (Å²) in [5, 5.41) is 3.63. The highest BCUT2D eigenvalue weighted by atomic mass is 16.5. The SMILES string of the molecule is CC(C)OCC(=O)Nc1ccc(N)c2ncccc12. The number of hydrogen-bond acceptors (Lipinski definition) is 4. The summed E-state index contributed by atoms with van der Waals surface area (Å²) in [4.78, 5) is 16.0. The summed E-state index contributed by atoms with van der Waals surface area (Å²) in [5.74, 6) is -0.191. The average molecular weight is 259 g/mol. The first kappa shape index (κ1) is 13.3. The molecule has 1 heterocycles. The van der Waals surface area contributed by atoms with Gasteiger partial charge < -0.3 is 15.8 Å². The van der Waals surface area contributed by atoms with Gasteiger partial charge in [-0.25, -0.2) is 0 Å².